The maximum atomic E-state index is 8.14. The lowest BCUT2D eigenvalue weighted by Crippen LogP contribution is -1.79. The molecule has 3 nitrogen and oxygen atoms in total. The minimum absolute atomic E-state index is 0.379. The van der Waals surface area contributed by atoms with E-state index in [4.69, 9.17) is 15.3 Å². The van der Waals surface area contributed by atoms with Crippen LogP contribution in [0.3, 0.4) is 0 Å². The molecule has 0 rings (SSSR count). The van der Waals surface area contributed by atoms with E-state index in [0.717, 1.165) is 0 Å². The Morgan fingerprint density at radius 1 is 1.40 bits per heavy atom. The smallest absolute Gasteiger partial charge is 0.130 e. The molecule has 0 saturated heterocycles. The van der Waals surface area contributed by atoms with E-state index >= 15 is 0 Å². The summed E-state index contributed by atoms with van der Waals surface area (Å²) in [7, 11) is 1.44. The Balaban J connectivity index is 4.15. The van der Waals surface area contributed by atoms with Crippen LogP contribution >= 0.6 is 0 Å². The summed E-state index contributed by atoms with van der Waals surface area (Å²) in [6.45, 7) is 0. The van der Waals surface area contributed by atoms with Crippen molar-refractivity contribution in [2.75, 3.05) is 7.11 Å². The van der Waals surface area contributed by atoms with Crippen molar-refractivity contribution in [1.82, 2.24) is 0 Å². The van der Waals surface area contributed by atoms with Gasteiger partial charge in [-0.3, -0.25) is 0 Å². The Labute approximate surface area is 59.4 Å². The molecule has 0 aromatic rings. The van der Waals surface area contributed by atoms with Crippen molar-refractivity contribution >= 4 is 0 Å². The van der Waals surface area contributed by atoms with Crippen molar-refractivity contribution in [3.63, 3.8) is 0 Å². The lowest BCUT2D eigenvalue weighted by molar-refractivity contribution is 0.307. The van der Waals surface area contributed by atoms with Gasteiger partial charge in [0.25, 0.3) is 0 Å². The number of hydrogen-bond acceptors (Lipinski definition) is 3. The quantitative estimate of drug-likeness (QED) is 0.323. The van der Waals surface area contributed by atoms with Gasteiger partial charge in [0.05, 0.1) is 25.3 Å². The van der Waals surface area contributed by atoms with Gasteiger partial charge < -0.3 is 4.74 Å². The van der Waals surface area contributed by atoms with Crippen LogP contribution in [0.4, 0.5) is 0 Å². The van der Waals surface area contributed by atoms with Crippen molar-refractivity contribution < 1.29 is 4.74 Å². The largest absolute Gasteiger partial charge is 0.496 e. The van der Waals surface area contributed by atoms with Crippen LogP contribution in [0, 0.1) is 22.7 Å². The average molecular weight is 134 g/mol. The fourth-order valence-corrected chi connectivity index (χ4v) is 0.358. The van der Waals surface area contributed by atoms with Gasteiger partial charge in [-0.25, -0.2) is 0 Å². The molecule has 0 bridgehead atoms. The molecule has 0 N–H and O–H groups in total. The maximum absolute atomic E-state index is 8.14. The van der Waals surface area contributed by atoms with Gasteiger partial charge in [0.1, 0.15) is 5.76 Å². The van der Waals surface area contributed by atoms with E-state index in [9.17, 15) is 0 Å². The normalized spacial score (nSPS) is 10.5. The monoisotopic (exact) mass is 134 g/mol. The number of ether oxygens (including phenoxy) is 1. The highest BCUT2D eigenvalue weighted by Crippen LogP contribution is 1.94. The molecule has 0 unspecified atom stereocenters. The Kier molecular flexibility index (Phi) is 4.46. The molecule has 0 heterocycles. The van der Waals surface area contributed by atoms with Crippen molar-refractivity contribution in [2.24, 2.45) is 0 Å². The van der Waals surface area contributed by atoms with Crippen molar-refractivity contribution in [3.05, 3.63) is 24.0 Å². The summed E-state index contributed by atoms with van der Waals surface area (Å²) in [5, 5.41) is 16.2. The first-order valence-electron chi connectivity index (χ1n) is 2.55. The molecule has 0 fully saturated rings. The summed E-state index contributed by atoms with van der Waals surface area (Å²) in [5.41, 5.74) is 0. The highest BCUT2D eigenvalue weighted by molar-refractivity contribution is 5.22. The number of rotatable bonds is 2. The Hall–Kier alpha value is -1.74. The van der Waals surface area contributed by atoms with Crippen molar-refractivity contribution in [1.29, 1.82) is 10.5 Å². The van der Waals surface area contributed by atoms with Gasteiger partial charge in [-0.1, -0.05) is 0 Å². The van der Waals surface area contributed by atoms with Crippen LogP contribution in [0.1, 0.15) is 0 Å². The predicted octanol–water partition coefficient (Wildman–Crippen LogP) is 1.12. The first-order chi connectivity index (χ1) is 4.85. The molecule has 0 aromatic carbocycles. The lowest BCUT2D eigenvalue weighted by atomic mass is 10.4. The molecule has 0 radical (unpaired) electrons. The molecule has 0 saturated carbocycles. The van der Waals surface area contributed by atoms with Crippen molar-refractivity contribution in [2.45, 2.75) is 0 Å². The van der Waals surface area contributed by atoms with Crippen LogP contribution in [-0.2, 0) is 4.74 Å². The van der Waals surface area contributed by atoms with Gasteiger partial charge >= 0.3 is 0 Å². The molecule has 0 aliphatic rings. The number of allylic oxidation sites excluding steroid dienone is 3. The third-order valence-corrected chi connectivity index (χ3v) is 0.765. The summed E-state index contributed by atoms with van der Waals surface area (Å²) in [6, 6.07) is 3.56. The summed E-state index contributed by atoms with van der Waals surface area (Å²) >= 11 is 0. The molecule has 0 spiro atoms. The van der Waals surface area contributed by atoms with E-state index < -0.39 is 0 Å². The van der Waals surface area contributed by atoms with Crippen LogP contribution in [0.2, 0.25) is 0 Å². The second-order valence-corrected chi connectivity index (χ2v) is 1.34. The van der Waals surface area contributed by atoms with E-state index in [1.54, 1.807) is 12.1 Å². The second-order valence-electron chi connectivity index (χ2n) is 1.34. The maximum Gasteiger partial charge on any atom is 0.130 e. The summed E-state index contributed by atoms with van der Waals surface area (Å²) in [5.74, 6) is 0.379. The molecule has 10 heavy (non-hydrogen) atoms. The van der Waals surface area contributed by atoms with Gasteiger partial charge in [-0.05, 0) is 6.08 Å². The van der Waals surface area contributed by atoms with E-state index in [1.165, 1.54) is 25.3 Å². The Morgan fingerprint density at radius 2 is 2.10 bits per heavy atom. The van der Waals surface area contributed by atoms with Crippen LogP contribution in [0.25, 0.3) is 0 Å². The highest BCUT2D eigenvalue weighted by Gasteiger charge is 1.84. The zero-order valence-electron chi connectivity index (χ0n) is 5.53. The number of nitrogens with zero attached hydrogens (tertiary/aromatic N) is 2. The molecule has 0 aliphatic carbocycles. The third kappa shape index (κ3) is 3.29. The standard InChI is InChI=1S/C7H6N2O/c1-10-7(4-6-9)3-2-5-8/h2-4H,1H3/b3-2-,7-4+. The van der Waals surface area contributed by atoms with Gasteiger partial charge in [0.2, 0.25) is 0 Å². The zero-order chi connectivity index (χ0) is 7.82. The predicted molar refractivity (Wildman–Crippen MR) is 35.5 cm³/mol. The molecule has 0 aliphatic heterocycles. The van der Waals surface area contributed by atoms with Gasteiger partial charge in [0.15, 0.2) is 0 Å². The average Bonchev–Trinajstić information content (AvgIpc) is 1.98. The molecule has 0 amide bonds. The van der Waals surface area contributed by atoms with E-state index in [0.29, 0.717) is 5.76 Å². The minimum atomic E-state index is 0.379. The van der Waals surface area contributed by atoms with Crippen LogP contribution in [0.5, 0.6) is 0 Å². The molecule has 0 atom stereocenters. The Bertz CT molecular complexity index is 227. The van der Waals surface area contributed by atoms with E-state index in [-0.39, 0.29) is 0 Å². The molecule has 3 heteroatoms. The SMILES string of the molecule is COC(/C=C\C#N)=C/C#N. The van der Waals surface area contributed by atoms with Gasteiger partial charge in [0, 0.05) is 6.08 Å². The summed E-state index contributed by atoms with van der Waals surface area (Å²) < 4.78 is 4.69. The topological polar surface area (TPSA) is 56.8 Å². The molecular weight excluding hydrogens is 128 g/mol. The lowest BCUT2D eigenvalue weighted by Gasteiger charge is -1.93. The van der Waals surface area contributed by atoms with E-state index in [1.807, 2.05) is 0 Å². The van der Waals surface area contributed by atoms with E-state index in [2.05, 4.69) is 0 Å². The van der Waals surface area contributed by atoms with Gasteiger partial charge in [-0.15, -0.1) is 0 Å². The first kappa shape index (κ1) is 8.26. The Morgan fingerprint density at radius 3 is 2.50 bits per heavy atom. The zero-order valence-corrected chi connectivity index (χ0v) is 5.53. The minimum Gasteiger partial charge on any atom is -0.496 e. The fourth-order valence-electron chi connectivity index (χ4n) is 0.358. The van der Waals surface area contributed by atoms with Crippen LogP contribution in [-0.4, -0.2) is 7.11 Å². The summed E-state index contributed by atoms with van der Waals surface area (Å²) in [4.78, 5) is 0. The van der Waals surface area contributed by atoms with Gasteiger partial charge in [-0.2, -0.15) is 10.5 Å². The molecular formula is C7H6N2O. The number of hydrogen-bond donors (Lipinski definition) is 0. The van der Waals surface area contributed by atoms with Crippen molar-refractivity contribution in [3.8, 4) is 12.1 Å². The fraction of sp³-hybridized carbons (Fsp3) is 0.143. The summed E-state index contributed by atoms with van der Waals surface area (Å²) in [6.07, 6.45) is 3.88. The number of methoxy groups -OCH3 is 1. The molecule has 50 valence electrons. The molecule has 0 aromatic heterocycles. The van der Waals surface area contributed by atoms with Crippen LogP contribution in [0.15, 0.2) is 24.0 Å². The first-order valence-corrected chi connectivity index (χ1v) is 2.55. The second kappa shape index (κ2) is 5.40. The third-order valence-electron chi connectivity index (χ3n) is 0.765. The van der Waals surface area contributed by atoms with Crippen LogP contribution < -0.4 is 0 Å². The number of nitriles is 2. The highest BCUT2D eigenvalue weighted by atomic mass is 16.5.